The molecule has 13 rings (SSSR count). The topological polar surface area (TPSA) is 19.0 Å². The number of para-hydroxylation sites is 1. The number of aromatic amines is 1. The van der Waals surface area contributed by atoms with E-state index in [0.29, 0.717) is 0 Å². The number of nitrogens with zero attached hydrogens (tertiary/aromatic N) is 1. The number of benzene rings is 9. The fourth-order valence-corrected chi connectivity index (χ4v) is 10.6. The zero-order chi connectivity index (χ0) is 40.6. The highest BCUT2D eigenvalue weighted by atomic mass is 15.1. The van der Waals surface area contributed by atoms with Crippen molar-refractivity contribution in [2.24, 2.45) is 0 Å². The second kappa shape index (κ2) is 14.2. The van der Waals surface area contributed by atoms with Gasteiger partial charge in [-0.2, -0.15) is 0 Å². The minimum atomic E-state index is 0.237. The molecular formula is C59H46N2. The number of nitrogens with one attached hydrogen (secondary N) is 1. The molecule has 2 heteroatoms. The standard InChI is InChI=1S/C52H36N2.C7H10/c1-31(41-23-17-36-15-13-32-7-5-9-34-18-24-42(41)51(36)49(32)34)38-20-26-46-44(29-38)45-30-40(22-27-47(45)53-46)54(39-11-3-2-4-12-39)48-28-21-37-16-14-33-8-6-10-35-19-25-43(48)52(37)50(33)35;1-7-5-3-2-4-6-7/h2-6,8-14,16-31,53H,7,15H2,1H3;3,5-6H,2,4H2,1H3. The molecule has 0 aliphatic heterocycles. The summed E-state index contributed by atoms with van der Waals surface area (Å²) in [6, 6.07) is 54.6. The SMILES string of the molecule is CC(c1ccc2[nH]c3ccc(N(c4ccccc4)c4ccc5ccc6cccc7ccc4c5c67)cc3c2c1)c1ccc2c3c4c(ccc13)C=CCC4=CC2.CC1=CCCC=C1. The molecule has 292 valence electrons. The molecule has 0 radical (unpaired) electrons. The second-order valence-electron chi connectivity index (χ2n) is 17.2. The molecule has 10 aromatic rings. The molecule has 3 aliphatic carbocycles. The lowest BCUT2D eigenvalue weighted by Crippen LogP contribution is -2.10. The lowest BCUT2D eigenvalue weighted by molar-refractivity contribution is 0.934. The van der Waals surface area contributed by atoms with Crippen LogP contribution in [0.4, 0.5) is 17.1 Å². The lowest BCUT2D eigenvalue weighted by Gasteiger charge is -2.28. The van der Waals surface area contributed by atoms with E-state index in [1.165, 1.54) is 111 Å². The first-order valence-electron chi connectivity index (χ1n) is 21.9. The van der Waals surface area contributed by atoms with Gasteiger partial charge in [0.25, 0.3) is 0 Å². The summed E-state index contributed by atoms with van der Waals surface area (Å²) in [6.07, 6.45) is 18.2. The summed E-state index contributed by atoms with van der Waals surface area (Å²) in [5.74, 6) is 0.237. The van der Waals surface area contributed by atoms with E-state index in [1.807, 2.05) is 0 Å². The fourth-order valence-electron chi connectivity index (χ4n) is 10.6. The molecule has 1 heterocycles. The number of aromatic nitrogens is 1. The molecule has 2 nitrogen and oxygen atoms in total. The summed E-state index contributed by atoms with van der Waals surface area (Å²) >= 11 is 0. The Labute approximate surface area is 356 Å². The molecule has 0 saturated carbocycles. The smallest absolute Gasteiger partial charge is 0.0540 e. The number of anilines is 3. The molecule has 0 bridgehead atoms. The van der Waals surface area contributed by atoms with E-state index in [9.17, 15) is 0 Å². The second-order valence-corrected chi connectivity index (χ2v) is 17.2. The first-order chi connectivity index (χ1) is 30.1. The van der Waals surface area contributed by atoms with Gasteiger partial charge in [-0.25, -0.2) is 0 Å². The molecule has 61 heavy (non-hydrogen) atoms. The maximum Gasteiger partial charge on any atom is 0.0540 e. The summed E-state index contributed by atoms with van der Waals surface area (Å²) in [6.45, 7) is 4.51. The van der Waals surface area contributed by atoms with Crippen molar-refractivity contribution in [3.63, 3.8) is 0 Å². The van der Waals surface area contributed by atoms with Crippen molar-refractivity contribution in [3.8, 4) is 0 Å². The first kappa shape index (κ1) is 35.8. The molecule has 1 N–H and O–H groups in total. The van der Waals surface area contributed by atoms with E-state index < -0.39 is 0 Å². The maximum absolute atomic E-state index is 3.75. The highest BCUT2D eigenvalue weighted by molar-refractivity contribution is 6.26. The number of allylic oxidation sites excluding steroid dienone is 7. The molecule has 3 aliphatic rings. The van der Waals surface area contributed by atoms with Gasteiger partial charge in [0, 0.05) is 44.5 Å². The Bertz CT molecular complexity index is 3480. The summed E-state index contributed by atoms with van der Waals surface area (Å²) in [5.41, 5.74) is 15.7. The van der Waals surface area contributed by atoms with Crippen LogP contribution in [0, 0.1) is 0 Å². The van der Waals surface area contributed by atoms with Gasteiger partial charge in [-0.3, -0.25) is 0 Å². The Kier molecular flexibility index (Phi) is 8.35. The zero-order valence-electron chi connectivity index (χ0n) is 34.7. The minimum Gasteiger partial charge on any atom is -0.355 e. The Morgan fingerprint density at radius 2 is 1.31 bits per heavy atom. The monoisotopic (exact) mass is 782 g/mol. The number of hydrogen-bond donors (Lipinski definition) is 1. The molecule has 0 saturated heterocycles. The largest absolute Gasteiger partial charge is 0.355 e. The van der Waals surface area contributed by atoms with Crippen LogP contribution in [-0.2, 0) is 6.42 Å². The zero-order valence-corrected chi connectivity index (χ0v) is 34.7. The highest BCUT2D eigenvalue weighted by Crippen LogP contribution is 2.46. The number of hydrogen-bond acceptors (Lipinski definition) is 1. The molecule has 0 fully saturated rings. The molecule has 0 spiro atoms. The van der Waals surface area contributed by atoms with Crippen LogP contribution in [0.5, 0.6) is 0 Å². The maximum atomic E-state index is 3.75. The highest BCUT2D eigenvalue weighted by Gasteiger charge is 2.24. The van der Waals surface area contributed by atoms with Crippen LogP contribution in [-0.4, -0.2) is 4.98 Å². The van der Waals surface area contributed by atoms with Crippen molar-refractivity contribution in [3.05, 3.63) is 209 Å². The normalized spacial score (nSPS) is 14.8. The van der Waals surface area contributed by atoms with Crippen molar-refractivity contribution in [1.82, 2.24) is 4.98 Å². The third-order valence-electron chi connectivity index (χ3n) is 13.6. The van der Waals surface area contributed by atoms with Gasteiger partial charge >= 0.3 is 0 Å². The van der Waals surface area contributed by atoms with Crippen molar-refractivity contribution >= 4 is 93.6 Å². The van der Waals surface area contributed by atoms with Gasteiger partial charge in [0.2, 0.25) is 0 Å². The predicted molar refractivity (Wildman–Crippen MR) is 263 cm³/mol. The van der Waals surface area contributed by atoms with Gasteiger partial charge in [-0.05, 0) is 152 Å². The van der Waals surface area contributed by atoms with Gasteiger partial charge in [0.15, 0.2) is 0 Å². The Hall–Kier alpha value is -7.16. The van der Waals surface area contributed by atoms with Gasteiger partial charge in [0.05, 0.1) is 5.69 Å². The number of rotatable bonds is 5. The van der Waals surface area contributed by atoms with Crippen LogP contribution < -0.4 is 4.90 Å². The molecule has 9 aromatic carbocycles. The number of H-pyrrole nitrogens is 1. The molecule has 1 aromatic heterocycles. The van der Waals surface area contributed by atoms with E-state index in [2.05, 4.69) is 206 Å². The summed E-state index contributed by atoms with van der Waals surface area (Å²) in [4.78, 5) is 6.18. The number of fused-ring (bicyclic) bond motifs is 3. The predicted octanol–water partition coefficient (Wildman–Crippen LogP) is 16.6. The Balaban J connectivity index is 0.000000521. The quantitative estimate of drug-likeness (QED) is 0.172. The third-order valence-corrected chi connectivity index (χ3v) is 13.6. The summed E-state index contributed by atoms with van der Waals surface area (Å²) < 4.78 is 0. The Morgan fingerprint density at radius 1 is 0.541 bits per heavy atom. The van der Waals surface area contributed by atoms with E-state index >= 15 is 0 Å². The molecule has 0 amide bonds. The van der Waals surface area contributed by atoms with Crippen molar-refractivity contribution in [1.29, 1.82) is 0 Å². The van der Waals surface area contributed by atoms with Crippen LogP contribution in [0.15, 0.2) is 182 Å². The van der Waals surface area contributed by atoms with Crippen LogP contribution >= 0.6 is 0 Å². The van der Waals surface area contributed by atoms with E-state index in [0.717, 1.165) is 35.2 Å². The van der Waals surface area contributed by atoms with Crippen molar-refractivity contribution in [2.75, 3.05) is 4.90 Å². The minimum absolute atomic E-state index is 0.237. The third kappa shape index (κ3) is 5.85. The molecule has 1 unspecified atom stereocenters. The molecule has 1 atom stereocenters. The fraction of sp³-hybridized carbons (Fsp3) is 0.119. The van der Waals surface area contributed by atoms with Gasteiger partial charge in [-0.15, -0.1) is 0 Å². The average Bonchev–Trinajstić information content (AvgIpc) is 3.68. The van der Waals surface area contributed by atoms with Crippen molar-refractivity contribution < 1.29 is 0 Å². The van der Waals surface area contributed by atoms with Crippen LogP contribution in [0.1, 0.15) is 66.8 Å². The van der Waals surface area contributed by atoms with E-state index in [4.69, 9.17) is 0 Å². The Morgan fingerprint density at radius 3 is 2.11 bits per heavy atom. The van der Waals surface area contributed by atoms with Crippen LogP contribution in [0.3, 0.4) is 0 Å². The first-order valence-corrected chi connectivity index (χ1v) is 21.9. The van der Waals surface area contributed by atoms with E-state index in [-0.39, 0.29) is 5.92 Å². The lowest BCUT2D eigenvalue weighted by atomic mass is 9.78. The van der Waals surface area contributed by atoms with Crippen LogP contribution in [0.25, 0.3) is 76.5 Å². The van der Waals surface area contributed by atoms with Gasteiger partial charge in [0.1, 0.15) is 0 Å². The average molecular weight is 783 g/mol. The van der Waals surface area contributed by atoms with Crippen molar-refractivity contribution in [2.45, 2.75) is 45.4 Å². The van der Waals surface area contributed by atoms with Gasteiger partial charge < -0.3 is 9.88 Å². The summed E-state index contributed by atoms with van der Waals surface area (Å²) in [5, 5.41) is 13.1. The van der Waals surface area contributed by atoms with E-state index in [1.54, 1.807) is 0 Å². The summed E-state index contributed by atoms with van der Waals surface area (Å²) in [7, 11) is 0. The van der Waals surface area contributed by atoms with Gasteiger partial charge in [-0.1, -0.05) is 146 Å². The van der Waals surface area contributed by atoms with Crippen LogP contribution in [0.2, 0.25) is 0 Å². The molecular weight excluding hydrogens is 737 g/mol.